The molecule has 132 valence electrons. The number of ether oxygens (including phenoxy) is 1. The molecule has 5 nitrogen and oxygen atoms in total. The number of likely N-dealkylation sites (N-methyl/N-ethyl adjacent to an activating group) is 1. The number of rotatable bonds is 0. The molecule has 0 spiro atoms. The Bertz CT molecular complexity index is 314. The summed E-state index contributed by atoms with van der Waals surface area (Å²) < 4.78 is 69.7. The maximum absolute atomic E-state index is 11.2. The van der Waals surface area contributed by atoms with Gasteiger partial charge in [-0.25, -0.2) is 9.59 Å². The minimum Gasteiger partial charge on any atom is -0.380 e. The summed E-state index contributed by atoms with van der Waals surface area (Å²) in [5.74, 6) is -6.40. The zero-order valence-electron chi connectivity index (χ0n) is 12.3. The van der Waals surface area contributed by atoms with Crippen molar-refractivity contribution in [2.75, 3.05) is 33.2 Å². The van der Waals surface area contributed by atoms with Gasteiger partial charge in [0, 0.05) is 26.2 Å². The van der Waals surface area contributed by atoms with Crippen LogP contribution in [0, 0.1) is 0 Å². The normalized spacial score (nSPS) is 15.7. The highest BCUT2D eigenvalue weighted by atomic mass is 19.4. The lowest BCUT2D eigenvalue weighted by Gasteiger charge is -2.21. The van der Waals surface area contributed by atoms with Crippen LogP contribution in [0.15, 0.2) is 0 Å². The van der Waals surface area contributed by atoms with Crippen molar-refractivity contribution in [3.05, 3.63) is 0 Å². The molecule has 11 heteroatoms. The van der Waals surface area contributed by atoms with Crippen molar-refractivity contribution in [3.63, 3.8) is 0 Å². The Morgan fingerprint density at radius 1 is 0.909 bits per heavy atom. The van der Waals surface area contributed by atoms with Crippen LogP contribution in [0.4, 0.5) is 26.3 Å². The van der Waals surface area contributed by atoms with Gasteiger partial charge in [-0.1, -0.05) is 13.8 Å². The number of carbonyl (C=O) groups is 2. The first kappa shape index (κ1) is 22.9. The predicted octanol–water partition coefficient (Wildman–Crippen LogP) is 1.73. The first-order valence-corrected chi connectivity index (χ1v) is 6.24. The van der Waals surface area contributed by atoms with Gasteiger partial charge in [0.05, 0.1) is 0 Å². The Morgan fingerprint density at radius 2 is 1.23 bits per heavy atom. The van der Waals surface area contributed by atoms with Crippen LogP contribution in [0.25, 0.3) is 0 Å². The largest absolute Gasteiger partial charge is 0.491 e. The summed E-state index contributed by atoms with van der Waals surface area (Å²) in [6.07, 6.45) is -11.2. The molecule has 1 aliphatic rings. The Hall–Kier alpha value is -1.36. The summed E-state index contributed by atoms with van der Waals surface area (Å²) in [5, 5.41) is 3.27. The van der Waals surface area contributed by atoms with Crippen LogP contribution in [0.3, 0.4) is 0 Å². The van der Waals surface area contributed by atoms with E-state index in [4.69, 9.17) is 0 Å². The average molecular weight is 340 g/mol. The molecule has 0 aliphatic carbocycles. The van der Waals surface area contributed by atoms with Gasteiger partial charge in [0.25, 0.3) is 0 Å². The number of piperazine rings is 1. The molecule has 1 heterocycles. The van der Waals surface area contributed by atoms with Gasteiger partial charge in [-0.2, -0.15) is 26.3 Å². The molecule has 22 heavy (non-hydrogen) atoms. The summed E-state index contributed by atoms with van der Waals surface area (Å²) in [5.41, 5.74) is 0. The van der Waals surface area contributed by atoms with Gasteiger partial charge in [-0.3, -0.25) is 0 Å². The maximum atomic E-state index is 11.2. The van der Waals surface area contributed by atoms with E-state index in [1.807, 2.05) is 13.8 Å². The van der Waals surface area contributed by atoms with Gasteiger partial charge >= 0.3 is 24.3 Å². The van der Waals surface area contributed by atoms with E-state index in [1.165, 1.54) is 13.1 Å². The number of halogens is 6. The molecule has 1 N–H and O–H groups in total. The second kappa shape index (κ2) is 10.4. The minimum atomic E-state index is -5.62. The topological polar surface area (TPSA) is 58.6 Å². The molecule has 1 fully saturated rings. The van der Waals surface area contributed by atoms with Crippen LogP contribution < -0.4 is 5.32 Å². The van der Waals surface area contributed by atoms with E-state index < -0.39 is 24.3 Å². The van der Waals surface area contributed by atoms with Crippen molar-refractivity contribution in [3.8, 4) is 0 Å². The standard InChI is InChI=1S/C5H12N2.C4F6O3.C2H6/c1-7-4-2-6-3-5-7;5-3(6,7)1(11)13-2(12)4(8,9)10;1-2/h6H,2-5H2,1H3;;1-2H3. The molecule has 1 saturated heterocycles. The van der Waals surface area contributed by atoms with Crippen molar-refractivity contribution >= 4 is 11.9 Å². The third-order valence-electron chi connectivity index (χ3n) is 1.99. The number of esters is 2. The summed E-state index contributed by atoms with van der Waals surface area (Å²) in [6.45, 7) is 8.74. The Balaban J connectivity index is 0. The first-order valence-electron chi connectivity index (χ1n) is 6.24. The van der Waals surface area contributed by atoms with E-state index in [1.54, 1.807) is 0 Å². The zero-order chi connectivity index (χ0) is 18.0. The van der Waals surface area contributed by atoms with E-state index in [9.17, 15) is 35.9 Å². The van der Waals surface area contributed by atoms with Crippen molar-refractivity contribution in [1.82, 2.24) is 10.2 Å². The molecule has 0 bridgehead atoms. The lowest BCUT2D eigenvalue weighted by Crippen LogP contribution is -2.40. The van der Waals surface area contributed by atoms with Gasteiger partial charge in [-0.15, -0.1) is 0 Å². The SMILES string of the molecule is CC.CN1CCNCC1.O=C(OC(=O)C(F)(F)F)C(F)(F)F. The number of nitrogens with zero attached hydrogens (tertiary/aromatic N) is 1. The summed E-state index contributed by atoms with van der Waals surface area (Å²) in [4.78, 5) is 21.6. The number of carbonyl (C=O) groups excluding carboxylic acids is 2. The molecule has 0 aromatic carbocycles. The van der Waals surface area contributed by atoms with Crippen LogP contribution in [-0.2, 0) is 14.3 Å². The second-order valence-corrected chi connectivity index (χ2v) is 3.73. The van der Waals surface area contributed by atoms with Crippen molar-refractivity contribution in [2.45, 2.75) is 26.2 Å². The fourth-order valence-corrected chi connectivity index (χ4v) is 0.977. The van der Waals surface area contributed by atoms with Crippen LogP contribution >= 0.6 is 0 Å². The van der Waals surface area contributed by atoms with E-state index in [0.717, 1.165) is 13.1 Å². The Labute approximate surface area is 123 Å². The van der Waals surface area contributed by atoms with Crippen LogP contribution in [0.5, 0.6) is 0 Å². The lowest BCUT2D eigenvalue weighted by molar-refractivity contribution is -0.221. The number of nitrogens with one attached hydrogen (secondary N) is 1. The summed E-state index contributed by atoms with van der Waals surface area (Å²) >= 11 is 0. The summed E-state index contributed by atoms with van der Waals surface area (Å²) in [7, 11) is 2.15. The predicted molar refractivity (Wildman–Crippen MR) is 64.9 cm³/mol. The first-order chi connectivity index (χ1) is 9.94. The minimum absolute atomic E-state index is 1.16. The van der Waals surface area contributed by atoms with Crippen molar-refractivity contribution in [2.24, 2.45) is 0 Å². The fourth-order valence-electron chi connectivity index (χ4n) is 0.977. The van der Waals surface area contributed by atoms with E-state index >= 15 is 0 Å². The third kappa shape index (κ3) is 11.3. The Kier molecular flexibility index (Phi) is 10.8. The smallest absolute Gasteiger partial charge is 0.380 e. The molecule has 0 atom stereocenters. The molecule has 0 amide bonds. The van der Waals surface area contributed by atoms with Crippen LogP contribution in [-0.4, -0.2) is 62.4 Å². The quantitative estimate of drug-likeness (QED) is 0.413. The molecule has 0 aromatic rings. The maximum Gasteiger partial charge on any atom is 0.491 e. The van der Waals surface area contributed by atoms with Gasteiger partial charge < -0.3 is 15.0 Å². The highest BCUT2D eigenvalue weighted by molar-refractivity contribution is 5.90. The fraction of sp³-hybridized carbons (Fsp3) is 0.818. The van der Waals surface area contributed by atoms with Crippen molar-refractivity contribution < 1.29 is 40.7 Å². The van der Waals surface area contributed by atoms with Gasteiger partial charge in [0.1, 0.15) is 0 Å². The molecule has 1 rings (SSSR count). The van der Waals surface area contributed by atoms with Crippen LogP contribution in [0.2, 0.25) is 0 Å². The highest BCUT2D eigenvalue weighted by Gasteiger charge is 2.49. The Morgan fingerprint density at radius 3 is 1.41 bits per heavy atom. The van der Waals surface area contributed by atoms with Gasteiger partial charge in [0.2, 0.25) is 0 Å². The molecular formula is C11H18F6N2O3. The average Bonchev–Trinajstić information content (AvgIpc) is 2.40. The number of hydrogen-bond acceptors (Lipinski definition) is 5. The van der Waals surface area contributed by atoms with Gasteiger partial charge in [0.15, 0.2) is 0 Å². The highest BCUT2D eigenvalue weighted by Crippen LogP contribution is 2.21. The van der Waals surface area contributed by atoms with Crippen molar-refractivity contribution in [1.29, 1.82) is 0 Å². The molecule has 0 radical (unpaired) electrons. The molecule has 1 aliphatic heterocycles. The van der Waals surface area contributed by atoms with E-state index in [0.29, 0.717) is 0 Å². The molecule has 0 unspecified atom stereocenters. The number of alkyl halides is 6. The summed E-state index contributed by atoms with van der Waals surface area (Å²) in [6, 6.07) is 0. The molecule has 0 saturated carbocycles. The lowest BCUT2D eigenvalue weighted by atomic mass is 10.4. The third-order valence-corrected chi connectivity index (χ3v) is 1.99. The molecule has 0 aromatic heterocycles. The van der Waals surface area contributed by atoms with E-state index in [-0.39, 0.29) is 0 Å². The second-order valence-electron chi connectivity index (χ2n) is 3.73. The molecular weight excluding hydrogens is 322 g/mol. The van der Waals surface area contributed by atoms with Gasteiger partial charge in [-0.05, 0) is 7.05 Å². The zero-order valence-corrected chi connectivity index (χ0v) is 12.3. The van der Waals surface area contributed by atoms with E-state index in [2.05, 4.69) is 22.0 Å². The monoisotopic (exact) mass is 340 g/mol. The van der Waals surface area contributed by atoms with Crippen LogP contribution in [0.1, 0.15) is 13.8 Å². The number of hydrogen-bond donors (Lipinski definition) is 1.